The number of hydrogen-bond acceptors (Lipinski definition) is 6. The Balaban J connectivity index is 1.78. The Kier molecular flexibility index (Phi) is 3.80. The number of aromatic hydroxyl groups is 1. The SMILES string of the molecule is C[C@@H](c1cccc(F)c1)n1ncc2nc(-n3cc(C(=O)O)cn3)nc(O)c21. The van der Waals surface area contributed by atoms with E-state index in [0.717, 1.165) is 10.9 Å². The van der Waals surface area contributed by atoms with Gasteiger partial charge < -0.3 is 10.2 Å². The largest absolute Gasteiger partial charge is 0.492 e. The van der Waals surface area contributed by atoms with Crippen LogP contribution >= 0.6 is 0 Å². The molecule has 0 fully saturated rings. The normalized spacial score (nSPS) is 12.4. The molecule has 0 bridgehead atoms. The van der Waals surface area contributed by atoms with Gasteiger partial charge in [0.2, 0.25) is 5.88 Å². The molecule has 0 aliphatic heterocycles. The number of fused-ring (bicyclic) bond motifs is 1. The van der Waals surface area contributed by atoms with Gasteiger partial charge in [-0.05, 0) is 24.6 Å². The van der Waals surface area contributed by atoms with Crippen LogP contribution < -0.4 is 0 Å². The van der Waals surface area contributed by atoms with Gasteiger partial charge in [-0.25, -0.2) is 18.9 Å². The van der Waals surface area contributed by atoms with Crippen LogP contribution in [0.15, 0.2) is 42.9 Å². The fraction of sp³-hybridized carbons (Fsp3) is 0.118. The average Bonchev–Trinajstić information content (AvgIpc) is 3.28. The third kappa shape index (κ3) is 2.86. The molecule has 10 heteroatoms. The van der Waals surface area contributed by atoms with Crippen LogP contribution in [-0.2, 0) is 0 Å². The highest BCUT2D eigenvalue weighted by molar-refractivity contribution is 5.87. The Labute approximate surface area is 151 Å². The van der Waals surface area contributed by atoms with Crippen LogP contribution in [0.4, 0.5) is 4.39 Å². The van der Waals surface area contributed by atoms with Crippen molar-refractivity contribution in [3.8, 4) is 11.8 Å². The second kappa shape index (κ2) is 6.16. The Morgan fingerprint density at radius 2 is 2.04 bits per heavy atom. The van der Waals surface area contributed by atoms with Gasteiger partial charge in [0.15, 0.2) is 0 Å². The average molecular weight is 368 g/mol. The summed E-state index contributed by atoms with van der Waals surface area (Å²) in [7, 11) is 0. The van der Waals surface area contributed by atoms with Crippen molar-refractivity contribution < 1.29 is 19.4 Å². The number of carbonyl (C=O) groups is 1. The zero-order valence-electron chi connectivity index (χ0n) is 14.0. The predicted octanol–water partition coefficient (Wildman–Crippen LogP) is 2.16. The summed E-state index contributed by atoms with van der Waals surface area (Å²) in [6.07, 6.45) is 3.84. The lowest BCUT2D eigenvalue weighted by molar-refractivity contribution is 0.0697. The molecule has 3 aromatic heterocycles. The second-order valence-corrected chi connectivity index (χ2v) is 5.88. The van der Waals surface area contributed by atoms with Crippen molar-refractivity contribution in [1.82, 2.24) is 29.5 Å². The minimum Gasteiger partial charge on any atom is -0.492 e. The molecule has 0 aliphatic carbocycles. The molecule has 9 nitrogen and oxygen atoms in total. The van der Waals surface area contributed by atoms with E-state index < -0.39 is 5.97 Å². The van der Waals surface area contributed by atoms with Gasteiger partial charge in [-0.3, -0.25) is 4.68 Å². The van der Waals surface area contributed by atoms with Gasteiger partial charge >= 0.3 is 5.97 Å². The first-order chi connectivity index (χ1) is 12.9. The molecule has 2 N–H and O–H groups in total. The van der Waals surface area contributed by atoms with E-state index in [9.17, 15) is 14.3 Å². The van der Waals surface area contributed by atoms with E-state index >= 15 is 0 Å². The molecule has 0 aliphatic rings. The number of aromatic carboxylic acids is 1. The monoisotopic (exact) mass is 368 g/mol. The molecule has 4 aromatic rings. The number of halogens is 1. The Morgan fingerprint density at radius 3 is 2.74 bits per heavy atom. The molecule has 4 rings (SSSR count). The standard InChI is InChI=1S/C17H13FN6O3/c1-9(10-3-2-4-12(18)5-10)24-14-13(7-20-24)21-17(22-15(14)25)23-8-11(6-19-23)16(26)27/h2-9H,1H3,(H,26,27)(H,21,22,25)/t9-/m0/s1. The number of carboxylic acid groups (broad SMARTS) is 1. The summed E-state index contributed by atoms with van der Waals surface area (Å²) in [5.41, 5.74) is 1.25. The summed E-state index contributed by atoms with van der Waals surface area (Å²) in [5.74, 6) is -1.84. The van der Waals surface area contributed by atoms with Gasteiger partial charge in [0.05, 0.1) is 24.0 Å². The molecule has 27 heavy (non-hydrogen) atoms. The predicted molar refractivity (Wildman–Crippen MR) is 91.3 cm³/mol. The maximum atomic E-state index is 13.5. The number of carboxylic acids is 1. The number of nitrogens with zero attached hydrogens (tertiary/aromatic N) is 6. The van der Waals surface area contributed by atoms with Crippen LogP contribution in [0, 0.1) is 5.82 Å². The Hall–Kier alpha value is -3.82. The van der Waals surface area contributed by atoms with E-state index in [4.69, 9.17) is 5.11 Å². The van der Waals surface area contributed by atoms with Crippen molar-refractivity contribution in [1.29, 1.82) is 0 Å². The minimum atomic E-state index is -1.14. The third-order valence-corrected chi connectivity index (χ3v) is 4.15. The summed E-state index contributed by atoms with van der Waals surface area (Å²) >= 11 is 0. The number of aromatic nitrogens is 6. The molecule has 0 radical (unpaired) electrons. The van der Waals surface area contributed by atoms with Gasteiger partial charge in [-0.2, -0.15) is 15.2 Å². The Bertz CT molecular complexity index is 1170. The lowest BCUT2D eigenvalue weighted by Gasteiger charge is -2.14. The number of rotatable bonds is 4. The van der Waals surface area contributed by atoms with Crippen LogP contribution in [0.5, 0.6) is 5.88 Å². The highest BCUT2D eigenvalue weighted by Crippen LogP contribution is 2.28. The highest BCUT2D eigenvalue weighted by Gasteiger charge is 2.19. The molecule has 136 valence electrons. The highest BCUT2D eigenvalue weighted by atomic mass is 19.1. The van der Waals surface area contributed by atoms with Crippen LogP contribution in [0.3, 0.4) is 0 Å². The van der Waals surface area contributed by atoms with E-state index in [0.29, 0.717) is 11.1 Å². The molecule has 0 unspecified atom stereocenters. The lowest BCUT2D eigenvalue weighted by Crippen LogP contribution is -2.09. The number of hydrogen-bond donors (Lipinski definition) is 2. The van der Waals surface area contributed by atoms with E-state index in [1.54, 1.807) is 19.1 Å². The lowest BCUT2D eigenvalue weighted by atomic mass is 10.1. The van der Waals surface area contributed by atoms with Gasteiger partial charge in [0, 0.05) is 6.20 Å². The second-order valence-electron chi connectivity index (χ2n) is 5.88. The molecule has 0 amide bonds. The molecule has 1 atom stereocenters. The van der Waals surface area contributed by atoms with Crippen LogP contribution in [0.1, 0.15) is 28.9 Å². The van der Waals surface area contributed by atoms with Crippen molar-refractivity contribution in [2.75, 3.05) is 0 Å². The zero-order chi connectivity index (χ0) is 19.1. The molecular formula is C17H13FN6O3. The summed E-state index contributed by atoms with van der Waals surface area (Å²) in [4.78, 5) is 19.2. The summed E-state index contributed by atoms with van der Waals surface area (Å²) in [5, 5.41) is 27.5. The van der Waals surface area contributed by atoms with E-state index in [2.05, 4.69) is 20.2 Å². The van der Waals surface area contributed by atoms with Crippen LogP contribution in [-0.4, -0.2) is 45.7 Å². The van der Waals surface area contributed by atoms with E-state index in [-0.39, 0.29) is 34.8 Å². The van der Waals surface area contributed by atoms with Gasteiger partial charge in [0.1, 0.15) is 16.9 Å². The fourth-order valence-corrected chi connectivity index (χ4v) is 2.78. The summed E-state index contributed by atoms with van der Waals surface area (Å²) in [6.45, 7) is 1.81. The first kappa shape index (κ1) is 16.6. The van der Waals surface area contributed by atoms with Crippen LogP contribution in [0.2, 0.25) is 0 Å². The summed E-state index contributed by atoms with van der Waals surface area (Å²) in [6, 6.07) is 5.72. The maximum absolute atomic E-state index is 13.5. The Morgan fingerprint density at radius 1 is 1.22 bits per heavy atom. The molecule has 0 saturated carbocycles. The van der Waals surface area contributed by atoms with E-state index in [1.807, 2.05) is 0 Å². The molecule has 3 heterocycles. The summed E-state index contributed by atoms with van der Waals surface area (Å²) < 4.78 is 16.2. The molecular weight excluding hydrogens is 355 g/mol. The number of benzene rings is 1. The van der Waals surface area contributed by atoms with Gasteiger partial charge in [-0.15, -0.1) is 0 Å². The van der Waals surface area contributed by atoms with Crippen molar-refractivity contribution in [2.45, 2.75) is 13.0 Å². The molecule has 1 aromatic carbocycles. The minimum absolute atomic E-state index is 0.00505. The maximum Gasteiger partial charge on any atom is 0.338 e. The van der Waals surface area contributed by atoms with Crippen molar-refractivity contribution in [2.24, 2.45) is 0 Å². The van der Waals surface area contributed by atoms with Crippen LogP contribution in [0.25, 0.3) is 17.0 Å². The first-order valence-electron chi connectivity index (χ1n) is 7.92. The molecule has 0 saturated heterocycles. The smallest absolute Gasteiger partial charge is 0.338 e. The van der Waals surface area contributed by atoms with Crippen molar-refractivity contribution in [3.63, 3.8) is 0 Å². The fourth-order valence-electron chi connectivity index (χ4n) is 2.78. The van der Waals surface area contributed by atoms with Gasteiger partial charge in [0.25, 0.3) is 5.95 Å². The quantitative estimate of drug-likeness (QED) is 0.566. The van der Waals surface area contributed by atoms with Crippen molar-refractivity contribution in [3.05, 3.63) is 59.8 Å². The van der Waals surface area contributed by atoms with E-state index in [1.165, 1.54) is 29.2 Å². The van der Waals surface area contributed by atoms with Gasteiger partial charge in [-0.1, -0.05) is 12.1 Å². The molecule has 0 spiro atoms. The first-order valence-corrected chi connectivity index (χ1v) is 7.92. The zero-order valence-corrected chi connectivity index (χ0v) is 14.0. The third-order valence-electron chi connectivity index (χ3n) is 4.15. The topological polar surface area (TPSA) is 119 Å². The van der Waals surface area contributed by atoms with Crippen molar-refractivity contribution >= 4 is 17.0 Å².